The standard InChI is InChI=1S/C16H22N2OS/c1-11-5-7-12(8-6-11)10-18-16(19)14-4-2-3-13(9-14)15(17)20/h2-4,9,11-12H,5-8,10H2,1H3,(H2,17,20)(H,18,19). The number of nitrogens with one attached hydrogen (secondary N) is 1. The lowest BCUT2D eigenvalue weighted by molar-refractivity contribution is 0.0942. The minimum Gasteiger partial charge on any atom is -0.389 e. The van der Waals surface area contributed by atoms with Crippen LogP contribution in [0.25, 0.3) is 0 Å². The van der Waals surface area contributed by atoms with Crippen LogP contribution in [0.5, 0.6) is 0 Å². The van der Waals surface area contributed by atoms with Gasteiger partial charge in [0.25, 0.3) is 5.91 Å². The molecule has 2 rings (SSSR count). The van der Waals surface area contributed by atoms with Gasteiger partial charge in [0.15, 0.2) is 0 Å². The van der Waals surface area contributed by atoms with Gasteiger partial charge in [-0.05, 0) is 36.8 Å². The Hall–Kier alpha value is -1.42. The van der Waals surface area contributed by atoms with Crippen molar-refractivity contribution in [3.8, 4) is 0 Å². The predicted octanol–water partition coefficient (Wildman–Crippen LogP) is 2.88. The summed E-state index contributed by atoms with van der Waals surface area (Å²) in [6.07, 6.45) is 4.98. The van der Waals surface area contributed by atoms with Gasteiger partial charge in [-0.3, -0.25) is 4.79 Å². The molecule has 0 atom stereocenters. The Kier molecular flexibility index (Phi) is 5.12. The molecule has 20 heavy (non-hydrogen) atoms. The molecule has 1 aromatic rings. The Morgan fingerprint density at radius 1 is 1.30 bits per heavy atom. The summed E-state index contributed by atoms with van der Waals surface area (Å²) in [4.78, 5) is 12.5. The highest BCUT2D eigenvalue weighted by Gasteiger charge is 2.18. The van der Waals surface area contributed by atoms with E-state index in [2.05, 4.69) is 12.2 Å². The van der Waals surface area contributed by atoms with Crippen LogP contribution in [-0.2, 0) is 0 Å². The number of thiocarbonyl (C=S) groups is 1. The van der Waals surface area contributed by atoms with Gasteiger partial charge in [0, 0.05) is 17.7 Å². The quantitative estimate of drug-likeness (QED) is 0.838. The van der Waals surface area contributed by atoms with Gasteiger partial charge in [-0.15, -0.1) is 0 Å². The molecule has 0 unspecified atom stereocenters. The lowest BCUT2D eigenvalue weighted by Crippen LogP contribution is -2.31. The molecule has 3 N–H and O–H groups in total. The summed E-state index contributed by atoms with van der Waals surface area (Å²) < 4.78 is 0. The summed E-state index contributed by atoms with van der Waals surface area (Å²) in [5.41, 5.74) is 6.95. The van der Waals surface area contributed by atoms with E-state index in [1.54, 1.807) is 12.1 Å². The Morgan fingerprint density at radius 2 is 1.95 bits per heavy atom. The molecule has 0 aromatic heterocycles. The van der Waals surface area contributed by atoms with Crippen LogP contribution in [-0.4, -0.2) is 17.4 Å². The average Bonchev–Trinajstić information content (AvgIpc) is 2.46. The highest BCUT2D eigenvalue weighted by molar-refractivity contribution is 7.80. The van der Waals surface area contributed by atoms with Gasteiger partial charge >= 0.3 is 0 Å². The number of nitrogens with two attached hydrogens (primary N) is 1. The molecule has 0 saturated heterocycles. The van der Waals surface area contributed by atoms with Crippen molar-refractivity contribution in [2.45, 2.75) is 32.6 Å². The van der Waals surface area contributed by atoms with Crippen molar-refractivity contribution < 1.29 is 4.79 Å². The Bertz CT molecular complexity index is 493. The lowest BCUT2D eigenvalue weighted by Gasteiger charge is -2.26. The molecular weight excluding hydrogens is 268 g/mol. The van der Waals surface area contributed by atoms with Crippen molar-refractivity contribution in [3.05, 3.63) is 35.4 Å². The van der Waals surface area contributed by atoms with Gasteiger partial charge < -0.3 is 11.1 Å². The lowest BCUT2D eigenvalue weighted by atomic mass is 9.83. The number of rotatable bonds is 4. The van der Waals surface area contributed by atoms with Gasteiger partial charge in [-0.25, -0.2) is 0 Å². The van der Waals surface area contributed by atoms with E-state index in [1.807, 2.05) is 12.1 Å². The number of hydrogen-bond donors (Lipinski definition) is 2. The Labute approximate surface area is 125 Å². The molecule has 1 aromatic carbocycles. The van der Waals surface area contributed by atoms with Gasteiger partial charge in [-0.2, -0.15) is 0 Å². The van der Waals surface area contributed by atoms with E-state index >= 15 is 0 Å². The number of carbonyl (C=O) groups excluding carboxylic acids is 1. The molecule has 1 aliphatic rings. The Balaban J connectivity index is 1.88. The molecule has 0 spiro atoms. The topological polar surface area (TPSA) is 55.1 Å². The fraction of sp³-hybridized carbons (Fsp3) is 0.500. The summed E-state index contributed by atoms with van der Waals surface area (Å²) in [6, 6.07) is 7.17. The maximum atomic E-state index is 12.1. The zero-order valence-electron chi connectivity index (χ0n) is 11.9. The first-order valence-electron chi connectivity index (χ1n) is 7.24. The molecule has 0 radical (unpaired) electrons. The molecule has 0 aliphatic heterocycles. The maximum Gasteiger partial charge on any atom is 0.251 e. The molecule has 1 aliphatic carbocycles. The highest BCUT2D eigenvalue weighted by atomic mass is 32.1. The van der Waals surface area contributed by atoms with Crippen molar-refractivity contribution >= 4 is 23.1 Å². The number of amides is 1. The highest BCUT2D eigenvalue weighted by Crippen LogP contribution is 2.27. The minimum atomic E-state index is -0.0401. The van der Waals surface area contributed by atoms with Crippen LogP contribution < -0.4 is 11.1 Å². The van der Waals surface area contributed by atoms with Crippen LogP contribution in [0.15, 0.2) is 24.3 Å². The van der Waals surface area contributed by atoms with Crippen molar-refractivity contribution in [1.29, 1.82) is 0 Å². The molecule has 108 valence electrons. The summed E-state index contributed by atoms with van der Waals surface area (Å²) >= 11 is 4.93. The molecule has 1 amide bonds. The van der Waals surface area contributed by atoms with E-state index in [1.165, 1.54) is 25.7 Å². The van der Waals surface area contributed by atoms with Gasteiger partial charge in [-0.1, -0.05) is 44.1 Å². The predicted molar refractivity (Wildman–Crippen MR) is 85.8 cm³/mol. The molecule has 1 saturated carbocycles. The first-order chi connectivity index (χ1) is 9.56. The van der Waals surface area contributed by atoms with Gasteiger partial charge in [0.1, 0.15) is 4.99 Å². The molecule has 4 heteroatoms. The van der Waals surface area contributed by atoms with E-state index < -0.39 is 0 Å². The van der Waals surface area contributed by atoms with Gasteiger partial charge in [0.05, 0.1) is 0 Å². The van der Waals surface area contributed by atoms with Crippen LogP contribution >= 0.6 is 12.2 Å². The van der Waals surface area contributed by atoms with E-state index in [9.17, 15) is 4.79 Å². The fourth-order valence-electron chi connectivity index (χ4n) is 2.69. The first kappa shape index (κ1) is 15.0. The monoisotopic (exact) mass is 290 g/mol. The van der Waals surface area contributed by atoms with Crippen LogP contribution in [0.1, 0.15) is 48.5 Å². The van der Waals surface area contributed by atoms with E-state index in [0.29, 0.717) is 16.5 Å². The molecule has 0 heterocycles. The van der Waals surface area contributed by atoms with E-state index in [-0.39, 0.29) is 5.91 Å². The Morgan fingerprint density at radius 3 is 2.60 bits per heavy atom. The van der Waals surface area contributed by atoms with Crippen LogP contribution in [0.2, 0.25) is 0 Å². The van der Waals surface area contributed by atoms with Crippen LogP contribution in [0, 0.1) is 11.8 Å². The second kappa shape index (κ2) is 6.84. The van der Waals surface area contributed by atoms with Crippen molar-refractivity contribution in [3.63, 3.8) is 0 Å². The third kappa shape index (κ3) is 4.04. The van der Waals surface area contributed by atoms with Gasteiger partial charge in [0.2, 0.25) is 0 Å². The number of carbonyl (C=O) groups is 1. The number of hydrogen-bond acceptors (Lipinski definition) is 2. The summed E-state index contributed by atoms with van der Waals surface area (Å²) in [6.45, 7) is 3.07. The third-order valence-electron chi connectivity index (χ3n) is 4.10. The number of benzene rings is 1. The third-order valence-corrected chi connectivity index (χ3v) is 4.33. The van der Waals surface area contributed by atoms with Crippen molar-refractivity contribution in [2.75, 3.05) is 6.54 Å². The van der Waals surface area contributed by atoms with Crippen LogP contribution in [0.4, 0.5) is 0 Å². The van der Waals surface area contributed by atoms with E-state index in [0.717, 1.165) is 18.0 Å². The van der Waals surface area contributed by atoms with Crippen molar-refractivity contribution in [1.82, 2.24) is 5.32 Å². The second-order valence-corrected chi connectivity index (χ2v) is 6.22. The minimum absolute atomic E-state index is 0.0401. The molecule has 1 fully saturated rings. The average molecular weight is 290 g/mol. The second-order valence-electron chi connectivity index (χ2n) is 5.78. The normalized spacial score (nSPS) is 22.2. The van der Waals surface area contributed by atoms with Crippen molar-refractivity contribution in [2.24, 2.45) is 17.6 Å². The SMILES string of the molecule is CC1CCC(CNC(=O)c2cccc(C(N)=S)c2)CC1. The zero-order chi connectivity index (χ0) is 14.5. The molecule has 3 nitrogen and oxygen atoms in total. The zero-order valence-corrected chi connectivity index (χ0v) is 12.7. The summed E-state index contributed by atoms with van der Waals surface area (Å²) in [5.74, 6) is 1.42. The van der Waals surface area contributed by atoms with E-state index in [4.69, 9.17) is 18.0 Å². The maximum absolute atomic E-state index is 12.1. The smallest absolute Gasteiger partial charge is 0.251 e. The first-order valence-corrected chi connectivity index (χ1v) is 7.65. The summed E-state index contributed by atoms with van der Waals surface area (Å²) in [5, 5.41) is 3.03. The van der Waals surface area contributed by atoms with Crippen LogP contribution in [0.3, 0.4) is 0 Å². The fourth-order valence-corrected chi connectivity index (χ4v) is 2.81. The molecule has 0 bridgehead atoms. The molecular formula is C16H22N2OS. The largest absolute Gasteiger partial charge is 0.389 e. The summed E-state index contributed by atoms with van der Waals surface area (Å²) in [7, 11) is 0.